The van der Waals surface area contributed by atoms with E-state index in [1.807, 2.05) is 0 Å². The minimum Gasteiger partial charge on any atom is -0.444 e. The van der Waals surface area contributed by atoms with Crippen molar-refractivity contribution >= 4 is 51.8 Å². The standard InChI is InChI=1S/C30H43N5O12S/c1-8-16-14-30(16,25(40)33-48(43,44)18-9-10-18)32-23(38)19-13-17(45-27(42)47-35-20(36)11-12-21(35)37)15-34(19)24(39)22(28(2,3)4)31-26(41)46-29(5,6)7/h8,16-19,22H,1,9-15H2,2-7H3,(H,31,41)(H,32,38)(H,33,40)/t16?,17-,19+,22-,30-/m1/s1. The summed E-state index contributed by atoms with van der Waals surface area (Å²) < 4.78 is 37.8. The number of rotatable bonds is 10. The topological polar surface area (TPSA) is 224 Å². The molecule has 0 bridgehead atoms. The van der Waals surface area contributed by atoms with Crippen molar-refractivity contribution in [2.75, 3.05) is 6.54 Å². The first-order valence-electron chi connectivity index (χ1n) is 15.6. The molecule has 2 aliphatic heterocycles. The molecule has 0 radical (unpaired) electrons. The van der Waals surface area contributed by atoms with E-state index in [0.29, 0.717) is 12.8 Å². The van der Waals surface area contributed by atoms with Crippen LogP contribution in [0.5, 0.6) is 0 Å². The Balaban J connectivity index is 1.58. The molecule has 6 amide bonds. The van der Waals surface area contributed by atoms with E-state index in [9.17, 15) is 42.0 Å². The highest BCUT2D eigenvalue weighted by molar-refractivity contribution is 7.91. The van der Waals surface area contributed by atoms with Crippen LogP contribution in [0.2, 0.25) is 0 Å². The highest BCUT2D eigenvalue weighted by Crippen LogP contribution is 2.45. The molecule has 18 heteroatoms. The molecule has 17 nitrogen and oxygen atoms in total. The van der Waals surface area contributed by atoms with Crippen LogP contribution < -0.4 is 15.4 Å². The summed E-state index contributed by atoms with van der Waals surface area (Å²) in [5.41, 5.74) is -3.48. The van der Waals surface area contributed by atoms with Gasteiger partial charge in [-0.1, -0.05) is 31.9 Å². The Hall–Kier alpha value is -4.22. The molecular formula is C30H43N5O12S. The smallest absolute Gasteiger partial charge is 0.444 e. The van der Waals surface area contributed by atoms with Gasteiger partial charge >= 0.3 is 12.2 Å². The number of alkyl carbamates (subject to hydrolysis) is 1. The Morgan fingerprint density at radius 3 is 2.12 bits per heavy atom. The van der Waals surface area contributed by atoms with Crippen LogP contribution in [-0.4, -0.2) is 101 Å². The first-order chi connectivity index (χ1) is 22.1. The fourth-order valence-electron chi connectivity index (χ4n) is 5.52. The third-order valence-corrected chi connectivity index (χ3v) is 10.1. The molecule has 266 valence electrons. The van der Waals surface area contributed by atoms with Gasteiger partial charge in [0, 0.05) is 25.2 Å². The summed E-state index contributed by atoms with van der Waals surface area (Å²) in [6.45, 7) is 13.2. The third kappa shape index (κ3) is 8.25. The zero-order valence-corrected chi connectivity index (χ0v) is 28.6. The third-order valence-electron chi connectivity index (χ3n) is 8.31. The number of hydrogen-bond acceptors (Lipinski definition) is 12. The van der Waals surface area contributed by atoms with Crippen molar-refractivity contribution in [3.63, 3.8) is 0 Å². The Morgan fingerprint density at radius 2 is 1.62 bits per heavy atom. The van der Waals surface area contributed by atoms with E-state index in [0.717, 1.165) is 4.90 Å². The van der Waals surface area contributed by atoms with E-state index in [-0.39, 0.29) is 37.3 Å². The first kappa shape index (κ1) is 36.6. The van der Waals surface area contributed by atoms with Crippen molar-refractivity contribution in [1.82, 2.24) is 25.3 Å². The molecule has 2 saturated carbocycles. The maximum Gasteiger partial charge on any atom is 0.534 e. The monoisotopic (exact) mass is 697 g/mol. The second-order valence-corrected chi connectivity index (χ2v) is 16.5. The predicted octanol–water partition coefficient (Wildman–Crippen LogP) is 0.782. The van der Waals surface area contributed by atoms with Gasteiger partial charge in [-0.3, -0.25) is 33.5 Å². The second kappa shape index (κ2) is 13.0. The Morgan fingerprint density at radius 1 is 1.02 bits per heavy atom. The van der Waals surface area contributed by atoms with Gasteiger partial charge < -0.3 is 25.0 Å². The number of nitrogens with one attached hydrogen (secondary N) is 3. The lowest BCUT2D eigenvalue weighted by molar-refractivity contribution is -0.178. The Bertz CT molecular complexity index is 1500. The maximum absolute atomic E-state index is 14.1. The van der Waals surface area contributed by atoms with Gasteiger partial charge in [0.2, 0.25) is 21.8 Å². The zero-order chi connectivity index (χ0) is 36.0. The summed E-state index contributed by atoms with van der Waals surface area (Å²) in [4.78, 5) is 96.3. The van der Waals surface area contributed by atoms with Gasteiger partial charge in [0.15, 0.2) is 0 Å². The number of amides is 6. The van der Waals surface area contributed by atoms with Gasteiger partial charge in [0.1, 0.15) is 29.3 Å². The molecule has 48 heavy (non-hydrogen) atoms. The van der Waals surface area contributed by atoms with Crippen LogP contribution in [0, 0.1) is 11.3 Å². The van der Waals surface area contributed by atoms with E-state index in [2.05, 4.69) is 21.9 Å². The summed E-state index contributed by atoms with van der Waals surface area (Å²) >= 11 is 0. The lowest BCUT2D eigenvalue weighted by Crippen LogP contribution is -2.60. The predicted molar refractivity (Wildman–Crippen MR) is 164 cm³/mol. The van der Waals surface area contributed by atoms with Crippen molar-refractivity contribution in [3.8, 4) is 0 Å². The molecule has 0 spiro atoms. The van der Waals surface area contributed by atoms with Crippen molar-refractivity contribution in [2.24, 2.45) is 11.3 Å². The number of carbonyl (C=O) groups excluding carboxylic acids is 7. The minimum absolute atomic E-state index is 0.0455. The second-order valence-electron chi connectivity index (χ2n) is 14.5. The number of likely N-dealkylation sites (tertiary alicyclic amines) is 1. The van der Waals surface area contributed by atoms with Crippen LogP contribution in [0.1, 0.15) is 80.1 Å². The summed E-state index contributed by atoms with van der Waals surface area (Å²) in [5, 5.41) is 4.75. The summed E-state index contributed by atoms with van der Waals surface area (Å²) in [6, 6.07) is -2.64. The number of imide groups is 1. The molecule has 5 atom stereocenters. The molecule has 0 aromatic rings. The van der Waals surface area contributed by atoms with E-state index < -0.39 is 97.7 Å². The lowest BCUT2D eigenvalue weighted by Gasteiger charge is -2.36. The van der Waals surface area contributed by atoms with Gasteiger partial charge in [-0.2, -0.15) is 0 Å². The highest BCUT2D eigenvalue weighted by atomic mass is 32.2. The SMILES string of the molecule is C=CC1C[C@]1(NC(=O)[C@@H]1C[C@@H](OC(=O)ON2C(=O)CCC2=O)CN1C(=O)[C@@H](NC(=O)OC(C)(C)C)C(C)(C)C)C(=O)NS(=O)(=O)C1CC1. The summed E-state index contributed by atoms with van der Waals surface area (Å²) in [5.74, 6) is -4.65. The highest BCUT2D eigenvalue weighted by Gasteiger charge is 2.62. The van der Waals surface area contributed by atoms with E-state index in [4.69, 9.17) is 14.3 Å². The number of hydroxylamine groups is 2. The van der Waals surface area contributed by atoms with Crippen LogP contribution in [0.15, 0.2) is 12.7 Å². The fourth-order valence-corrected chi connectivity index (χ4v) is 6.89. The van der Waals surface area contributed by atoms with Crippen LogP contribution in [0.25, 0.3) is 0 Å². The molecule has 0 aromatic carbocycles. The first-order valence-corrected chi connectivity index (χ1v) is 17.2. The van der Waals surface area contributed by atoms with E-state index in [1.54, 1.807) is 41.5 Å². The minimum atomic E-state index is -3.96. The van der Waals surface area contributed by atoms with Gasteiger partial charge in [0.05, 0.1) is 11.8 Å². The van der Waals surface area contributed by atoms with Crippen LogP contribution in [0.4, 0.5) is 9.59 Å². The average molecular weight is 698 g/mol. The van der Waals surface area contributed by atoms with Gasteiger partial charge in [-0.05, 0) is 45.4 Å². The molecular weight excluding hydrogens is 654 g/mol. The molecule has 4 rings (SSSR count). The zero-order valence-electron chi connectivity index (χ0n) is 27.8. The number of sulfonamides is 1. The summed E-state index contributed by atoms with van der Waals surface area (Å²) in [7, 11) is -3.96. The molecule has 2 saturated heterocycles. The lowest BCUT2D eigenvalue weighted by atomic mass is 9.85. The van der Waals surface area contributed by atoms with Crippen molar-refractivity contribution in [2.45, 2.75) is 115 Å². The van der Waals surface area contributed by atoms with Gasteiger partial charge in [-0.25, -0.2) is 18.0 Å². The normalized spacial score (nSPS) is 26.3. The van der Waals surface area contributed by atoms with Crippen LogP contribution >= 0.6 is 0 Å². The van der Waals surface area contributed by atoms with Crippen molar-refractivity contribution in [1.29, 1.82) is 0 Å². The number of nitrogens with zero attached hydrogens (tertiary/aromatic N) is 2. The number of ether oxygens (including phenoxy) is 2. The quantitative estimate of drug-likeness (QED) is 0.164. The molecule has 4 aliphatic rings. The molecule has 1 unspecified atom stereocenters. The van der Waals surface area contributed by atoms with Crippen LogP contribution in [-0.2, 0) is 48.3 Å². The largest absolute Gasteiger partial charge is 0.534 e. The Labute approximate surface area is 278 Å². The fraction of sp³-hybridized carbons (Fsp3) is 0.700. The molecule has 4 fully saturated rings. The van der Waals surface area contributed by atoms with Crippen molar-refractivity contribution in [3.05, 3.63) is 12.7 Å². The Kier molecular flexibility index (Phi) is 9.92. The number of carbonyl (C=O) groups is 7. The summed E-state index contributed by atoms with van der Waals surface area (Å²) in [6.07, 6.45) is -1.86. The van der Waals surface area contributed by atoms with Crippen LogP contribution in [0.3, 0.4) is 0 Å². The number of hydrogen-bond donors (Lipinski definition) is 3. The molecule has 0 aromatic heterocycles. The molecule has 2 aliphatic carbocycles. The van der Waals surface area contributed by atoms with Gasteiger partial charge in [-0.15, -0.1) is 6.58 Å². The maximum atomic E-state index is 14.1. The average Bonchev–Trinajstić information content (AvgIpc) is 3.86. The van der Waals surface area contributed by atoms with E-state index in [1.165, 1.54) is 6.08 Å². The van der Waals surface area contributed by atoms with Crippen molar-refractivity contribution < 1.29 is 56.3 Å². The van der Waals surface area contributed by atoms with E-state index >= 15 is 0 Å². The molecule has 3 N–H and O–H groups in total. The molecule has 2 heterocycles. The van der Waals surface area contributed by atoms with Gasteiger partial charge in [0.25, 0.3) is 17.7 Å².